The smallest absolute Gasteiger partial charge is 0.369 e. The van der Waals surface area contributed by atoms with Crippen molar-refractivity contribution < 1.29 is 53.9 Å². The minimum absolute atomic E-state index is 0. The van der Waals surface area contributed by atoms with Crippen LogP contribution >= 0.6 is 0 Å². The van der Waals surface area contributed by atoms with E-state index in [9.17, 15) is 53.9 Å². The number of alkyl halides is 9. The Balaban J connectivity index is 0.000000223. The first-order valence-electron chi connectivity index (χ1n) is 35.2. The fraction of sp³-hybridized carbons (Fsp3) is 0.462. The van der Waals surface area contributed by atoms with Crippen LogP contribution < -0.4 is 33.2 Å². The van der Waals surface area contributed by atoms with Crippen LogP contribution in [0.2, 0.25) is 0 Å². The zero-order valence-electron chi connectivity index (χ0n) is 58.7. The summed E-state index contributed by atoms with van der Waals surface area (Å²) in [5.41, 5.74) is 20.7. The number of aromatic nitrogens is 12. The Labute approximate surface area is 624 Å². The van der Waals surface area contributed by atoms with Gasteiger partial charge < -0.3 is 33.2 Å². The molecule has 1 unspecified atom stereocenters. The molecule has 9 heterocycles. The van der Waals surface area contributed by atoms with Crippen LogP contribution in [0.15, 0.2) is 129 Å². The van der Waals surface area contributed by atoms with E-state index in [0.29, 0.717) is 90.8 Å². The predicted molar refractivity (Wildman–Crippen MR) is 394 cm³/mol. The summed E-state index contributed by atoms with van der Waals surface area (Å²) in [7, 11) is 0. The maximum Gasteiger partial charge on any atom is 0.419 e. The first kappa shape index (κ1) is 85.4. The van der Waals surface area contributed by atoms with E-state index in [2.05, 4.69) is 61.2 Å². The number of aryl methyl sites for hydroxylation is 6. The average Bonchev–Trinajstić information content (AvgIpc) is 0.876. The zero-order valence-corrected chi connectivity index (χ0v) is 58.7. The molecule has 0 saturated carbocycles. The molecule has 3 aliphatic heterocycles. The number of primary amides is 3. The van der Waals surface area contributed by atoms with Crippen molar-refractivity contribution >= 4 is 17.7 Å². The molecule has 108 heavy (non-hydrogen) atoms. The fourth-order valence-electron chi connectivity index (χ4n) is 13.5. The lowest BCUT2D eigenvalue weighted by atomic mass is 9.92. The summed E-state index contributed by atoms with van der Waals surface area (Å²) in [6.45, 7) is 10.7. The van der Waals surface area contributed by atoms with Crippen molar-refractivity contribution in [1.29, 1.82) is 0 Å². The molecule has 3 fully saturated rings. The number of nitrogens with one attached hydrogen (secondary N) is 3. The number of carbonyl (C=O) groups is 3. The quantitative estimate of drug-likeness (QED) is 0.0307. The molecule has 9 aromatic rings. The number of hydrogen-bond donors (Lipinski definition) is 6. The number of hydrogen-bond acceptors (Lipinski definition) is 15. The summed E-state index contributed by atoms with van der Waals surface area (Å²) in [4.78, 5) is 60.0. The number of nitrogens with two attached hydrogens (primary N) is 3. The maximum absolute atomic E-state index is 13.7. The van der Waals surface area contributed by atoms with Gasteiger partial charge in [0.1, 0.15) is 17.5 Å². The Hall–Kier alpha value is -9.81. The Kier molecular flexibility index (Phi) is 30.7. The van der Waals surface area contributed by atoms with Gasteiger partial charge in [0.05, 0.1) is 88.2 Å². The third-order valence-corrected chi connectivity index (χ3v) is 19.5. The predicted octanol–water partition coefficient (Wildman–Crippen LogP) is 12.7. The highest BCUT2D eigenvalue weighted by molar-refractivity contribution is 5.83. The Morgan fingerprint density at radius 3 is 0.870 bits per heavy atom. The van der Waals surface area contributed by atoms with Crippen LogP contribution in [0.1, 0.15) is 219 Å². The highest BCUT2D eigenvalue weighted by Gasteiger charge is 2.38. The SMILES string of the molecule is C.C.C.CC(C(N)=O)c1ccccc1CCc1nc(Cc2cnn(C3CCNCC3)c2)ncc1C(F)(F)F.C[C@@H](C(N)=O)c1ccccc1CCc1nc(Cc2cnn(C3CCNCC3)c2)ncc1C(F)(F)F.C[C@H](C(N)=O)c1ccccc1CCc1nc(Cc2cnn(C3CCNCC3)c2)ncc1C(F)(F)F. The van der Waals surface area contributed by atoms with Gasteiger partial charge in [0, 0.05) is 56.4 Å². The normalized spacial score (nSPS) is 15.3. The molecule has 21 nitrogen and oxygen atoms in total. The van der Waals surface area contributed by atoms with Gasteiger partial charge in [-0.3, -0.25) is 28.4 Å². The topological polar surface area (TPSA) is 296 Å². The van der Waals surface area contributed by atoms with E-state index in [1.54, 1.807) is 112 Å². The molecule has 3 saturated heterocycles. The van der Waals surface area contributed by atoms with Crippen molar-refractivity contribution in [2.24, 2.45) is 17.2 Å². The summed E-state index contributed by atoms with van der Waals surface area (Å²) < 4.78 is 129. The van der Waals surface area contributed by atoms with Crippen LogP contribution in [-0.2, 0) is 90.7 Å². The first-order chi connectivity index (χ1) is 50.2. The minimum Gasteiger partial charge on any atom is -0.369 e. The molecule has 12 rings (SSSR count). The Morgan fingerprint density at radius 1 is 0.398 bits per heavy atom. The highest BCUT2D eigenvalue weighted by atomic mass is 19.4. The minimum atomic E-state index is -4.56. The molecule has 3 atom stereocenters. The molecular formula is C78H99F9N18O3. The number of carbonyl (C=O) groups excluding carboxylic acids is 3. The van der Waals surface area contributed by atoms with E-state index in [-0.39, 0.29) is 58.6 Å². The van der Waals surface area contributed by atoms with Gasteiger partial charge in [-0.1, -0.05) is 95.1 Å². The molecule has 0 bridgehead atoms. The van der Waals surface area contributed by atoms with Gasteiger partial charge in [0.2, 0.25) is 17.7 Å². The lowest BCUT2D eigenvalue weighted by Crippen LogP contribution is -2.29. The zero-order chi connectivity index (χ0) is 75.0. The lowest BCUT2D eigenvalue weighted by molar-refractivity contribution is -0.139. The molecule has 9 N–H and O–H groups in total. The van der Waals surface area contributed by atoms with Gasteiger partial charge in [0.25, 0.3) is 0 Å². The maximum atomic E-state index is 13.7. The molecule has 6 aromatic heterocycles. The molecule has 30 heteroatoms. The largest absolute Gasteiger partial charge is 0.419 e. The second kappa shape index (κ2) is 38.8. The number of rotatable bonds is 24. The van der Waals surface area contributed by atoms with Crippen LogP contribution in [0.3, 0.4) is 0 Å². The summed E-state index contributed by atoms with van der Waals surface area (Å²) in [5.74, 6) is -2.11. The van der Waals surface area contributed by atoms with Crippen molar-refractivity contribution in [3.63, 3.8) is 0 Å². The van der Waals surface area contributed by atoms with Crippen molar-refractivity contribution in [1.82, 2.24) is 75.2 Å². The van der Waals surface area contributed by atoms with Crippen molar-refractivity contribution in [2.75, 3.05) is 39.3 Å². The van der Waals surface area contributed by atoms with Gasteiger partial charge in [-0.2, -0.15) is 54.8 Å². The number of amides is 3. The summed E-state index contributed by atoms with van der Waals surface area (Å²) in [6, 6.07) is 22.4. The summed E-state index contributed by atoms with van der Waals surface area (Å²) in [5, 5.41) is 23.3. The van der Waals surface area contributed by atoms with Crippen LogP contribution in [0.4, 0.5) is 39.5 Å². The third kappa shape index (κ3) is 23.1. The monoisotopic (exact) mass is 1510 g/mol. The van der Waals surface area contributed by atoms with Gasteiger partial charge in [-0.25, -0.2) is 29.9 Å². The molecule has 0 aliphatic carbocycles. The molecular weight excluding hydrogens is 1410 g/mol. The molecule has 3 aromatic carbocycles. The lowest BCUT2D eigenvalue weighted by Gasteiger charge is -2.22. The number of piperidine rings is 3. The molecule has 582 valence electrons. The van der Waals surface area contributed by atoms with E-state index in [0.717, 1.165) is 130 Å². The van der Waals surface area contributed by atoms with Crippen molar-refractivity contribution in [2.45, 2.75) is 194 Å². The van der Waals surface area contributed by atoms with Crippen LogP contribution in [0, 0.1) is 0 Å². The van der Waals surface area contributed by atoms with Crippen LogP contribution in [-0.4, -0.2) is 116 Å². The van der Waals surface area contributed by atoms with E-state index in [4.69, 9.17) is 17.2 Å². The van der Waals surface area contributed by atoms with Crippen molar-refractivity contribution in [3.8, 4) is 0 Å². The van der Waals surface area contributed by atoms with Crippen LogP contribution in [0.5, 0.6) is 0 Å². The molecule has 0 spiro atoms. The van der Waals surface area contributed by atoms with Gasteiger partial charge in [0.15, 0.2) is 0 Å². The number of nitrogens with zero attached hydrogens (tertiary/aromatic N) is 12. The second-order valence-corrected chi connectivity index (χ2v) is 26.9. The number of halogens is 9. The van der Waals surface area contributed by atoms with Gasteiger partial charge in [-0.15, -0.1) is 0 Å². The van der Waals surface area contributed by atoms with Gasteiger partial charge >= 0.3 is 18.5 Å². The second-order valence-electron chi connectivity index (χ2n) is 26.9. The van der Waals surface area contributed by atoms with Gasteiger partial charge in [-0.05, 0) is 187 Å². The van der Waals surface area contributed by atoms with E-state index >= 15 is 0 Å². The van der Waals surface area contributed by atoms with Crippen molar-refractivity contribution in [3.05, 3.63) is 230 Å². The standard InChI is InChI=1S/3C25H29F3N6O.3CH4/c3*1-16(24(29)35)20-5-3-2-4-18(20)6-7-22-21(25(26,27)28)14-31-23(33-22)12-17-13-32-34(15-17)19-8-10-30-11-9-19;;;/h3*2-5,13-16,19,30H,6-12H2,1H3,(H2,29,35);3*1H4/t2*16-;;;;/m10..../s1. The number of benzene rings is 3. The van der Waals surface area contributed by atoms with E-state index < -0.39 is 70.7 Å². The van der Waals surface area contributed by atoms with Crippen LogP contribution in [0.25, 0.3) is 0 Å². The highest BCUT2D eigenvalue weighted by Crippen LogP contribution is 2.36. The summed E-state index contributed by atoms with van der Waals surface area (Å²) in [6.07, 6.45) is 7.73. The third-order valence-electron chi connectivity index (χ3n) is 19.5. The summed E-state index contributed by atoms with van der Waals surface area (Å²) >= 11 is 0. The average molecular weight is 1510 g/mol. The Morgan fingerprint density at radius 2 is 0.639 bits per heavy atom. The first-order valence-corrected chi connectivity index (χ1v) is 35.2. The fourth-order valence-corrected chi connectivity index (χ4v) is 13.5. The van der Waals surface area contributed by atoms with E-state index in [1.165, 1.54) is 0 Å². The molecule has 0 radical (unpaired) electrons. The Bertz CT molecular complexity index is 3950. The van der Waals surface area contributed by atoms with E-state index in [1.807, 2.05) is 32.6 Å². The molecule has 3 amide bonds. The molecule has 3 aliphatic rings.